The van der Waals surface area contributed by atoms with E-state index in [0.29, 0.717) is 55.5 Å². The largest absolute Gasteiger partial charge is 0.465 e. The van der Waals surface area contributed by atoms with E-state index in [1.54, 1.807) is 19.3 Å². The number of benzene rings is 1. The number of carbonyl (C=O) groups is 1. The Morgan fingerprint density at radius 1 is 1.21 bits per heavy atom. The minimum absolute atomic E-state index is 0.286. The summed E-state index contributed by atoms with van der Waals surface area (Å²) in [5.41, 5.74) is 1.38. The number of esters is 1. The van der Waals surface area contributed by atoms with Gasteiger partial charge in [0.15, 0.2) is 10.9 Å². The first-order valence-corrected chi connectivity index (χ1v) is 12.1. The van der Waals surface area contributed by atoms with Crippen molar-refractivity contribution in [2.24, 2.45) is 0 Å². The molecule has 1 N–H and O–H groups in total. The number of ether oxygens (including phenoxy) is 1. The van der Waals surface area contributed by atoms with Crippen molar-refractivity contribution in [1.82, 2.24) is 24.7 Å². The molecule has 0 saturated heterocycles. The molecule has 0 amide bonds. The number of hydrogen-bond acceptors (Lipinski definition) is 9. The molecule has 0 fully saturated rings. The van der Waals surface area contributed by atoms with Gasteiger partial charge in [0, 0.05) is 0 Å². The molecule has 5 aromatic rings. The Balaban J connectivity index is 1.46. The van der Waals surface area contributed by atoms with Crippen LogP contribution in [0.5, 0.6) is 0 Å². The maximum Gasteiger partial charge on any atom is 0.348 e. The minimum Gasteiger partial charge on any atom is -0.465 e. The van der Waals surface area contributed by atoms with Gasteiger partial charge in [0.2, 0.25) is 5.82 Å². The van der Waals surface area contributed by atoms with Crippen molar-refractivity contribution in [1.29, 1.82) is 0 Å². The van der Waals surface area contributed by atoms with E-state index in [-0.39, 0.29) is 5.56 Å². The molecular weight excluding hydrogens is 474 g/mol. The van der Waals surface area contributed by atoms with Crippen LogP contribution in [0, 0.1) is 6.92 Å². The van der Waals surface area contributed by atoms with Crippen molar-refractivity contribution in [2.75, 3.05) is 7.11 Å². The van der Waals surface area contributed by atoms with E-state index in [1.165, 1.54) is 18.9 Å². The molecule has 4 aromatic heterocycles. The first-order chi connectivity index (χ1) is 16.5. The van der Waals surface area contributed by atoms with E-state index in [9.17, 15) is 9.59 Å². The predicted octanol–water partition coefficient (Wildman–Crippen LogP) is 4.27. The van der Waals surface area contributed by atoms with E-state index < -0.39 is 5.97 Å². The highest BCUT2D eigenvalue weighted by Crippen LogP contribution is 2.30. The number of hydrogen-bond donors (Lipinski definition) is 1. The number of aryl methyl sites for hydroxylation is 1. The Labute approximate surface area is 201 Å². The van der Waals surface area contributed by atoms with Crippen LogP contribution in [0.25, 0.3) is 21.8 Å². The van der Waals surface area contributed by atoms with Crippen LogP contribution >= 0.6 is 23.1 Å². The van der Waals surface area contributed by atoms with E-state index in [0.717, 1.165) is 16.9 Å². The topological polar surface area (TPSA) is 116 Å². The third kappa shape index (κ3) is 4.15. The molecule has 0 aliphatic carbocycles. The molecule has 4 heterocycles. The van der Waals surface area contributed by atoms with Crippen LogP contribution < -0.4 is 5.56 Å². The van der Waals surface area contributed by atoms with E-state index in [4.69, 9.17) is 9.15 Å². The molecule has 172 valence electrons. The summed E-state index contributed by atoms with van der Waals surface area (Å²) in [5, 5.41) is 9.76. The summed E-state index contributed by atoms with van der Waals surface area (Å²) in [6, 6.07) is 13.6. The van der Waals surface area contributed by atoms with Gasteiger partial charge < -0.3 is 14.1 Å². The SMILES string of the molecule is COC(=O)c1sc2nc(CSc3nnc(-c4ccco4)n3Cc3ccccc3)[nH]c(=O)c2c1C. The van der Waals surface area contributed by atoms with Gasteiger partial charge in [-0.25, -0.2) is 9.78 Å². The van der Waals surface area contributed by atoms with Crippen molar-refractivity contribution in [3.63, 3.8) is 0 Å². The Morgan fingerprint density at radius 2 is 2.03 bits per heavy atom. The first kappa shape index (κ1) is 22.1. The van der Waals surface area contributed by atoms with Crippen molar-refractivity contribution >= 4 is 39.3 Å². The van der Waals surface area contributed by atoms with Gasteiger partial charge in [-0.15, -0.1) is 21.5 Å². The van der Waals surface area contributed by atoms with E-state index in [1.807, 2.05) is 41.0 Å². The van der Waals surface area contributed by atoms with Gasteiger partial charge in [-0.05, 0) is 30.2 Å². The molecule has 0 saturated carbocycles. The predicted molar refractivity (Wildman–Crippen MR) is 129 cm³/mol. The molecule has 1 aromatic carbocycles. The molecule has 0 bridgehead atoms. The number of methoxy groups -OCH3 is 1. The van der Waals surface area contributed by atoms with E-state index >= 15 is 0 Å². The second-order valence-corrected chi connectivity index (χ2v) is 9.33. The van der Waals surface area contributed by atoms with Crippen LogP contribution in [0.3, 0.4) is 0 Å². The Kier molecular flexibility index (Phi) is 6.03. The third-order valence-corrected chi connectivity index (χ3v) is 7.34. The maximum atomic E-state index is 12.7. The highest BCUT2D eigenvalue weighted by molar-refractivity contribution is 7.98. The summed E-state index contributed by atoms with van der Waals surface area (Å²) in [5.74, 6) is 1.60. The molecule has 9 nitrogen and oxygen atoms in total. The summed E-state index contributed by atoms with van der Waals surface area (Å²) in [6.07, 6.45) is 1.60. The number of rotatable bonds is 7. The molecule has 0 aliphatic heterocycles. The van der Waals surface area contributed by atoms with Crippen LogP contribution in [-0.4, -0.2) is 37.8 Å². The van der Waals surface area contributed by atoms with Crippen LogP contribution in [0.4, 0.5) is 0 Å². The smallest absolute Gasteiger partial charge is 0.348 e. The van der Waals surface area contributed by atoms with Crippen LogP contribution in [0.15, 0.2) is 63.1 Å². The number of furan rings is 1. The zero-order valence-corrected chi connectivity index (χ0v) is 19.9. The van der Waals surface area contributed by atoms with E-state index in [2.05, 4.69) is 20.2 Å². The van der Waals surface area contributed by atoms with Gasteiger partial charge in [0.05, 0.1) is 31.1 Å². The number of carbonyl (C=O) groups excluding carboxylic acids is 1. The fourth-order valence-corrected chi connectivity index (χ4v) is 5.50. The highest BCUT2D eigenvalue weighted by Gasteiger charge is 2.21. The number of fused-ring (bicyclic) bond motifs is 1. The highest BCUT2D eigenvalue weighted by atomic mass is 32.2. The number of nitrogens with one attached hydrogen (secondary N) is 1. The second-order valence-electron chi connectivity index (χ2n) is 7.38. The molecule has 0 aliphatic rings. The summed E-state index contributed by atoms with van der Waals surface area (Å²) in [4.78, 5) is 33.0. The minimum atomic E-state index is -0.477. The molecule has 5 rings (SSSR count). The van der Waals surface area contributed by atoms with Crippen LogP contribution in [0.1, 0.15) is 26.6 Å². The number of aromatic nitrogens is 5. The lowest BCUT2D eigenvalue weighted by Gasteiger charge is -2.09. The summed E-state index contributed by atoms with van der Waals surface area (Å²) in [6.45, 7) is 2.28. The lowest BCUT2D eigenvalue weighted by atomic mass is 10.2. The molecular formula is C23H19N5O4S2. The van der Waals surface area contributed by atoms with Crippen molar-refractivity contribution in [3.8, 4) is 11.6 Å². The van der Waals surface area contributed by atoms with Gasteiger partial charge in [0.1, 0.15) is 15.5 Å². The zero-order chi connectivity index (χ0) is 23.7. The van der Waals surface area contributed by atoms with Gasteiger partial charge in [-0.2, -0.15) is 0 Å². The average molecular weight is 494 g/mol. The van der Waals surface area contributed by atoms with Crippen LogP contribution in [0.2, 0.25) is 0 Å². The van der Waals surface area contributed by atoms with Gasteiger partial charge >= 0.3 is 5.97 Å². The van der Waals surface area contributed by atoms with Crippen molar-refractivity contribution in [3.05, 3.63) is 80.9 Å². The fraction of sp³-hybridized carbons (Fsp3) is 0.174. The van der Waals surface area contributed by atoms with Crippen molar-refractivity contribution in [2.45, 2.75) is 24.4 Å². The molecule has 34 heavy (non-hydrogen) atoms. The van der Waals surface area contributed by atoms with Gasteiger partial charge in [-0.1, -0.05) is 42.1 Å². The Morgan fingerprint density at radius 3 is 2.76 bits per heavy atom. The number of aromatic amines is 1. The summed E-state index contributed by atoms with van der Waals surface area (Å²) < 4.78 is 12.3. The normalized spacial score (nSPS) is 11.2. The lowest BCUT2D eigenvalue weighted by Crippen LogP contribution is -2.11. The standard InChI is InChI=1S/C23H19N5O4S2/c1-13-17-20(29)24-16(25-21(17)34-18(13)22(30)31-2)12-33-23-27-26-19(15-9-6-10-32-15)28(23)11-14-7-4-3-5-8-14/h3-10H,11-12H2,1-2H3,(H,24,25,29). The fourth-order valence-electron chi connectivity index (χ4n) is 3.57. The first-order valence-electron chi connectivity index (χ1n) is 10.3. The lowest BCUT2D eigenvalue weighted by molar-refractivity contribution is 0.0605. The average Bonchev–Trinajstić information content (AvgIpc) is 3.57. The summed E-state index contributed by atoms with van der Waals surface area (Å²) in [7, 11) is 1.31. The third-order valence-electron chi connectivity index (χ3n) is 5.20. The molecule has 0 radical (unpaired) electrons. The number of thiophene rings is 1. The molecule has 11 heteroatoms. The maximum absolute atomic E-state index is 12.7. The number of H-pyrrole nitrogens is 1. The molecule has 0 spiro atoms. The molecule has 0 unspecified atom stereocenters. The van der Waals surface area contributed by atoms with Gasteiger partial charge in [-0.3, -0.25) is 9.36 Å². The zero-order valence-electron chi connectivity index (χ0n) is 18.3. The Hall–Kier alpha value is -3.70. The van der Waals surface area contributed by atoms with Crippen molar-refractivity contribution < 1.29 is 13.9 Å². The van der Waals surface area contributed by atoms with Gasteiger partial charge in [0.25, 0.3) is 5.56 Å². The van der Waals surface area contributed by atoms with Crippen LogP contribution in [-0.2, 0) is 17.0 Å². The number of thioether (sulfide) groups is 1. The molecule has 0 atom stereocenters. The quantitative estimate of drug-likeness (QED) is 0.264. The summed E-state index contributed by atoms with van der Waals surface area (Å²) >= 11 is 2.56. The number of nitrogens with zero attached hydrogens (tertiary/aromatic N) is 4. The Bertz CT molecular complexity index is 1520. The monoisotopic (exact) mass is 493 g/mol. The second kappa shape index (κ2) is 9.27.